The van der Waals surface area contributed by atoms with Crippen molar-refractivity contribution < 1.29 is 13.2 Å². The van der Waals surface area contributed by atoms with Crippen LogP contribution in [0.4, 0.5) is 0 Å². The number of carbonyl (C=O) groups is 1. The van der Waals surface area contributed by atoms with Crippen LogP contribution in [0.1, 0.15) is 37.0 Å². The highest BCUT2D eigenvalue weighted by Gasteiger charge is 2.21. The van der Waals surface area contributed by atoms with E-state index in [-0.39, 0.29) is 10.8 Å². The first-order valence-corrected chi connectivity index (χ1v) is 8.37. The van der Waals surface area contributed by atoms with E-state index >= 15 is 0 Å². The monoisotopic (exact) mass is 313 g/mol. The molecule has 0 aromatic heterocycles. The molecule has 0 spiro atoms. The van der Waals surface area contributed by atoms with E-state index in [1.54, 1.807) is 0 Å². The molecule has 0 saturated carbocycles. The lowest BCUT2D eigenvalue weighted by atomic mass is 9.94. The SMILES string of the molecule is CCC(N)(CC)CNC(=O)c1ccc(S(=O)(=O)NC)cc1. The largest absolute Gasteiger partial charge is 0.350 e. The lowest BCUT2D eigenvalue weighted by Gasteiger charge is -2.26. The van der Waals surface area contributed by atoms with Gasteiger partial charge in [0.05, 0.1) is 4.90 Å². The highest BCUT2D eigenvalue weighted by molar-refractivity contribution is 7.89. The number of nitrogens with two attached hydrogens (primary N) is 1. The Hall–Kier alpha value is -1.44. The molecule has 0 heterocycles. The van der Waals surface area contributed by atoms with Gasteiger partial charge in [-0.25, -0.2) is 13.1 Å². The lowest BCUT2D eigenvalue weighted by molar-refractivity contribution is 0.0942. The topological polar surface area (TPSA) is 101 Å². The van der Waals surface area contributed by atoms with Crippen LogP contribution >= 0.6 is 0 Å². The van der Waals surface area contributed by atoms with Crippen molar-refractivity contribution in [1.29, 1.82) is 0 Å². The van der Waals surface area contributed by atoms with Gasteiger partial charge in [-0.3, -0.25) is 4.79 Å². The van der Waals surface area contributed by atoms with Crippen molar-refractivity contribution >= 4 is 15.9 Å². The Bertz CT molecular complexity index is 578. The van der Waals surface area contributed by atoms with Crippen molar-refractivity contribution in [3.63, 3.8) is 0 Å². The van der Waals surface area contributed by atoms with E-state index in [0.29, 0.717) is 12.1 Å². The second-order valence-electron chi connectivity index (χ2n) is 4.98. The summed E-state index contributed by atoms with van der Waals surface area (Å²) in [5, 5.41) is 2.78. The molecule has 1 aromatic carbocycles. The number of amides is 1. The summed E-state index contributed by atoms with van der Waals surface area (Å²) in [6, 6.07) is 5.76. The first kappa shape index (κ1) is 17.6. The fourth-order valence-corrected chi connectivity index (χ4v) is 2.49. The summed E-state index contributed by atoms with van der Waals surface area (Å²) in [6.45, 7) is 4.34. The van der Waals surface area contributed by atoms with E-state index in [1.807, 2.05) is 13.8 Å². The molecule has 7 heteroatoms. The molecule has 1 rings (SSSR count). The minimum Gasteiger partial charge on any atom is -0.350 e. The third-order valence-electron chi connectivity index (χ3n) is 3.70. The maximum atomic E-state index is 12.0. The number of sulfonamides is 1. The summed E-state index contributed by atoms with van der Waals surface area (Å²) in [5.41, 5.74) is 6.11. The first-order valence-electron chi connectivity index (χ1n) is 6.88. The van der Waals surface area contributed by atoms with Crippen LogP contribution in [0.3, 0.4) is 0 Å². The number of nitrogens with one attached hydrogen (secondary N) is 2. The second kappa shape index (κ2) is 7.02. The van der Waals surface area contributed by atoms with Crippen LogP contribution in [-0.4, -0.2) is 33.5 Å². The van der Waals surface area contributed by atoms with Gasteiger partial charge in [0.15, 0.2) is 0 Å². The van der Waals surface area contributed by atoms with Gasteiger partial charge in [0.25, 0.3) is 5.91 Å². The molecule has 21 heavy (non-hydrogen) atoms. The average Bonchev–Trinajstić information content (AvgIpc) is 2.52. The van der Waals surface area contributed by atoms with Crippen LogP contribution in [-0.2, 0) is 10.0 Å². The normalized spacial score (nSPS) is 12.2. The number of rotatable bonds is 7. The number of hydrogen-bond acceptors (Lipinski definition) is 4. The molecule has 0 atom stereocenters. The Kier molecular flexibility index (Phi) is 5.88. The molecule has 0 bridgehead atoms. The molecule has 4 N–H and O–H groups in total. The van der Waals surface area contributed by atoms with Gasteiger partial charge in [0.2, 0.25) is 10.0 Å². The molecule has 0 fully saturated rings. The fourth-order valence-electron chi connectivity index (χ4n) is 1.76. The van der Waals surface area contributed by atoms with Gasteiger partial charge in [0, 0.05) is 17.6 Å². The Balaban J connectivity index is 2.77. The third-order valence-corrected chi connectivity index (χ3v) is 5.14. The van der Waals surface area contributed by atoms with E-state index in [2.05, 4.69) is 10.0 Å². The molecule has 0 radical (unpaired) electrons. The molecular formula is C14H23N3O3S. The Morgan fingerprint density at radius 1 is 1.19 bits per heavy atom. The minimum atomic E-state index is -3.49. The molecule has 0 aliphatic carbocycles. The van der Waals surface area contributed by atoms with Crippen molar-refractivity contribution in [2.75, 3.05) is 13.6 Å². The van der Waals surface area contributed by atoms with E-state index in [4.69, 9.17) is 5.73 Å². The summed E-state index contributed by atoms with van der Waals surface area (Å²) in [7, 11) is -2.15. The van der Waals surface area contributed by atoms with Crippen LogP contribution in [0.5, 0.6) is 0 Å². The average molecular weight is 313 g/mol. The van der Waals surface area contributed by atoms with Crippen LogP contribution in [0.15, 0.2) is 29.2 Å². The maximum Gasteiger partial charge on any atom is 0.251 e. The van der Waals surface area contributed by atoms with E-state index in [1.165, 1.54) is 31.3 Å². The Labute approximate surface area is 126 Å². The lowest BCUT2D eigenvalue weighted by Crippen LogP contribution is -2.49. The zero-order chi connectivity index (χ0) is 16.1. The summed E-state index contributed by atoms with van der Waals surface area (Å²) in [6.07, 6.45) is 1.53. The molecular weight excluding hydrogens is 290 g/mol. The smallest absolute Gasteiger partial charge is 0.251 e. The Morgan fingerprint density at radius 2 is 1.71 bits per heavy atom. The van der Waals surface area contributed by atoms with Gasteiger partial charge in [0.1, 0.15) is 0 Å². The standard InChI is InChI=1S/C14H23N3O3S/c1-4-14(15,5-2)10-17-13(18)11-6-8-12(9-7-11)21(19,20)16-3/h6-9,16H,4-5,10,15H2,1-3H3,(H,17,18). The molecule has 0 unspecified atom stereocenters. The van der Waals surface area contributed by atoms with Crippen molar-refractivity contribution in [2.24, 2.45) is 5.73 Å². The third kappa shape index (κ3) is 4.52. The second-order valence-corrected chi connectivity index (χ2v) is 6.87. The van der Waals surface area contributed by atoms with Crippen molar-refractivity contribution in [3.05, 3.63) is 29.8 Å². The summed E-state index contributed by atoms with van der Waals surface area (Å²) >= 11 is 0. The van der Waals surface area contributed by atoms with Crippen molar-refractivity contribution in [3.8, 4) is 0 Å². The van der Waals surface area contributed by atoms with Gasteiger partial charge in [-0.2, -0.15) is 0 Å². The molecule has 0 aliphatic heterocycles. The highest BCUT2D eigenvalue weighted by atomic mass is 32.2. The predicted molar refractivity (Wildman–Crippen MR) is 82.5 cm³/mol. The molecule has 118 valence electrons. The minimum absolute atomic E-state index is 0.122. The van der Waals surface area contributed by atoms with Crippen molar-refractivity contribution in [1.82, 2.24) is 10.0 Å². The van der Waals surface area contributed by atoms with Crippen LogP contribution in [0, 0.1) is 0 Å². The van der Waals surface area contributed by atoms with E-state index < -0.39 is 15.6 Å². The van der Waals surface area contributed by atoms with Crippen LogP contribution in [0.2, 0.25) is 0 Å². The van der Waals surface area contributed by atoms with E-state index in [9.17, 15) is 13.2 Å². The van der Waals surface area contributed by atoms with Crippen LogP contribution in [0.25, 0.3) is 0 Å². The van der Waals surface area contributed by atoms with Gasteiger partial charge in [-0.05, 0) is 44.2 Å². The zero-order valence-corrected chi connectivity index (χ0v) is 13.5. The number of benzene rings is 1. The zero-order valence-electron chi connectivity index (χ0n) is 12.6. The van der Waals surface area contributed by atoms with E-state index in [0.717, 1.165) is 12.8 Å². The van der Waals surface area contributed by atoms with Gasteiger partial charge < -0.3 is 11.1 Å². The number of hydrogen-bond donors (Lipinski definition) is 3. The Morgan fingerprint density at radius 3 is 2.14 bits per heavy atom. The molecule has 1 amide bonds. The predicted octanol–water partition coefficient (Wildman–Crippen LogP) is 0.842. The summed E-state index contributed by atoms with van der Waals surface area (Å²) in [5.74, 6) is -0.264. The van der Waals surface area contributed by atoms with Gasteiger partial charge in [-0.15, -0.1) is 0 Å². The first-order chi connectivity index (χ1) is 9.78. The fraction of sp³-hybridized carbons (Fsp3) is 0.500. The molecule has 0 aliphatic rings. The van der Waals surface area contributed by atoms with Crippen molar-refractivity contribution in [2.45, 2.75) is 37.1 Å². The van der Waals surface area contributed by atoms with Gasteiger partial charge >= 0.3 is 0 Å². The maximum absolute atomic E-state index is 12.0. The quantitative estimate of drug-likeness (QED) is 0.694. The highest BCUT2D eigenvalue weighted by Crippen LogP contribution is 2.12. The summed E-state index contributed by atoms with van der Waals surface area (Å²) < 4.78 is 25.4. The van der Waals surface area contributed by atoms with Gasteiger partial charge in [-0.1, -0.05) is 13.8 Å². The molecule has 6 nitrogen and oxygen atoms in total. The van der Waals surface area contributed by atoms with Crippen LogP contribution < -0.4 is 15.8 Å². The molecule has 1 aromatic rings. The number of carbonyl (C=O) groups excluding carboxylic acids is 1. The molecule has 0 saturated heterocycles. The summed E-state index contributed by atoms with van der Waals surface area (Å²) in [4.78, 5) is 12.1.